The van der Waals surface area contributed by atoms with E-state index in [4.69, 9.17) is 5.26 Å². The van der Waals surface area contributed by atoms with Gasteiger partial charge in [-0.2, -0.15) is 5.26 Å². The smallest absolute Gasteiger partial charge is 0.115 e. The molecule has 0 aliphatic carbocycles. The van der Waals surface area contributed by atoms with Crippen molar-refractivity contribution in [2.24, 2.45) is 0 Å². The Bertz CT molecular complexity index is 227. The van der Waals surface area contributed by atoms with Gasteiger partial charge in [-0.15, -0.1) is 0 Å². The Kier molecular flexibility index (Phi) is 9.98. The molecule has 0 atom stereocenters. The van der Waals surface area contributed by atoms with Gasteiger partial charge in [0.25, 0.3) is 0 Å². The highest BCUT2D eigenvalue weighted by atomic mass is 19.1. The Hall–Kier alpha value is -1.10. The first-order valence-electron chi connectivity index (χ1n) is 4.55. The van der Waals surface area contributed by atoms with E-state index in [1.807, 2.05) is 27.7 Å². The Morgan fingerprint density at radius 3 is 2.08 bits per heavy atom. The van der Waals surface area contributed by atoms with Gasteiger partial charge in [0.05, 0.1) is 5.57 Å². The average molecular weight is 183 g/mol. The van der Waals surface area contributed by atoms with Crippen LogP contribution in [-0.4, -0.2) is 0 Å². The quantitative estimate of drug-likeness (QED) is 0.466. The van der Waals surface area contributed by atoms with Crippen molar-refractivity contribution in [2.45, 2.75) is 41.0 Å². The molecule has 0 bridgehead atoms. The largest absolute Gasteiger partial charge is 0.211 e. The standard InChI is InChI=1S/C9H12FN.C2H6/c1-4-7(2)5-9(6-11)8(3)10;1-2/h5H,4H2,1-3H3;1-2H3/b7-5+,9-8-;. The Labute approximate surface area is 80.6 Å². The predicted molar refractivity (Wildman–Crippen MR) is 54.8 cm³/mol. The number of halogens is 1. The van der Waals surface area contributed by atoms with Gasteiger partial charge in [-0.05, 0) is 26.3 Å². The summed E-state index contributed by atoms with van der Waals surface area (Å²) in [6.45, 7) is 9.13. The van der Waals surface area contributed by atoms with E-state index in [1.165, 1.54) is 6.92 Å². The van der Waals surface area contributed by atoms with Crippen molar-refractivity contribution < 1.29 is 4.39 Å². The lowest BCUT2D eigenvalue weighted by molar-refractivity contribution is 0.635. The fraction of sp³-hybridized carbons (Fsp3) is 0.545. The van der Waals surface area contributed by atoms with Crippen molar-refractivity contribution >= 4 is 0 Å². The van der Waals surface area contributed by atoms with Gasteiger partial charge in [-0.3, -0.25) is 0 Å². The van der Waals surface area contributed by atoms with E-state index in [2.05, 4.69) is 0 Å². The van der Waals surface area contributed by atoms with E-state index in [1.54, 1.807) is 12.1 Å². The van der Waals surface area contributed by atoms with Crippen LogP contribution in [0.5, 0.6) is 0 Å². The highest BCUT2D eigenvalue weighted by Crippen LogP contribution is 2.10. The lowest BCUT2D eigenvalue weighted by Crippen LogP contribution is -1.79. The van der Waals surface area contributed by atoms with Crippen LogP contribution in [0.25, 0.3) is 0 Å². The van der Waals surface area contributed by atoms with E-state index >= 15 is 0 Å². The van der Waals surface area contributed by atoms with Crippen LogP contribution in [0.15, 0.2) is 23.0 Å². The summed E-state index contributed by atoms with van der Waals surface area (Å²) in [7, 11) is 0. The van der Waals surface area contributed by atoms with E-state index in [9.17, 15) is 4.39 Å². The van der Waals surface area contributed by atoms with Crippen LogP contribution in [0.2, 0.25) is 0 Å². The molecular formula is C11H18FN. The summed E-state index contributed by atoms with van der Waals surface area (Å²) in [4.78, 5) is 0. The second-order valence-corrected chi connectivity index (χ2v) is 2.40. The maximum Gasteiger partial charge on any atom is 0.115 e. The minimum atomic E-state index is -0.416. The average Bonchev–Trinajstić information content (AvgIpc) is 2.16. The van der Waals surface area contributed by atoms with Crippen molar-refractivity contribution in [3.8, 4) is 6.07 Å². The van der Waals surface area contributed by atoms with Gasteiger partial charge in [-0.25, -0.2) is 4.39 Å². The molecule has 0 fully saturated rings. The summed E-state index contributed by atoms with van der Waals surface area (Å²) in [5, 5.41) is 8.45. The zero-order chi connectivity index (χ0) is 10.9. The van der Waals surface area contributed by atoms with E-state index in [-0.39, 0.29) is 5.57 Å². The summed E-state index contributed by atoms with van der Waals surface area (Å²) in [6, 6.07) is 1.79. The third kappa shape index (κ3) is 7.27. The summed E-state index contributed by atoms with van der Waals surface area (Å²) >= 11 is 0. The second-order valence-electron chi connectivity index (χ2n) is 2.40. The fourth-order valence-corrected chi connectivity index (χ4v) is 0.557. The minimum absolute atomic E-state index is 0.129. The maximum absolute atomic E-state index is 12.5. The van der Waals surface area contributed by atoms with Gasteiger partial charge < -0.3 is 0 Å². The van der Waals surface area contributed by atoms with Crippen LogP contribution in [0, 0.1) is 11.3 Å². The van der Waals surface area contributed by atoms with Crippen molar-refractivity contribution in [2.75, 3.05) is 0 Å². The van der Waals surface area contributed by atoms with Crippen LogP contribution in [0.1, 0.15) is 41.0 Å². The van der Waals surface area contributed by atoms with Crippen molar-refractivity contribution in [1.29, 1.82) is 5.26 Å². The SMILES string of the molecule is CC.CC/C(C)=C/C(C#N)=C(\C)F. The molecule has 0 saturated carbocycles. The van der Waals surface area contributed by atoms with Gasteiger partial charge >= 0.3 is 0 Å². The van der Waals surface area contributed by atoms with Crippen LogP contribution >= 0.6 is 0 Å². The lowest BCUT2D eigenvalue weighted by atomic mass is 10.1. The predicted octanol–water partition coefficient (Wildman–Crippen LogP) is 4.14. The highest BCUT2D eigenvalue weighted by Gasteiger charge is 1.96. The molecule has 13 heavy (non-hydrogen) atoms. The number of nitrogens with zero attached hydrogens (tertiary/aromatic N) is 1. The van der Waals surface area contributed by atoms with Gasteiger partial charge in [-0.1, -0.05) is 26.3 Å². The molecule has 0 aromatic rings. The molecule has 0 rings (SSSR count). The zero-order valence-electron chi connectivity index (χ0n) is 9.11. The van der Waals surface area contributed by atoms with Crippen molar-refractivity contribution in [3.63, 3.8) is 0 Å². The topological polar surface area (TPSA) is 23.8 Å². The molecule has 1 nitrogen and oxygen atoms in total. The van der Waals surface area contributed by atoms with Gasteiger partial charge in [0, 0.05) is 0 Å². The van der Waals surface area contributed by atoms with Crippen LogP contribution in [-0.2, 0) is 0 Å². The van der Waals surface area contributed by atoms with Crippen LogP contribution in [0.3, 0.4) is 0 Å². The highest BCUT2D eigenvalue weighted by molar-refractivity contribution is 5.36. The van der Waals surface area contributed by atoms with Crippen LogP contribution in [0.4, 0.5) is 4.39 Å². The molecule has 0 aromatic heterocycles. The Balaban J connectivity index is 0. The molecule has 0 aromatic carbocycles. The second kappa shape index (κ2) is 8.99. The van der Waals surface area contributed by atoms with Gasteiger partial charge in [0.1, 0.15) is 11.9 Å². The third-order valence-electron chi connectivity index (χ3n) is 1.44. The van der Waals surface area contributed by atoms with E-state index in [0.717, 1.165) is 12.0 Å². The normalized spacial score (nSPS) is 12.2. The molecule has 0 saturated heterocycles. The Morgan fingerprint density at radius 1 is 1.38 bits per heavy atom. The zero-order valence-corrected chi connectivity index (χ0v) is 9.11. The van der Waals surface area contributed by atoms with Gasteiger partial charge in [0.2, 0.25) is 0 Å². The first-order chi connectivity index (χ1) is 6.11. The number of rotatable bonds is 2. The van der Waals surface area contributed by atoms with Gasteiger partial charge in [0.15, 0.2) is 0 Å². The number of hydrogen-bond acceptors (Lipinski definition) is 1. The molecule has 0 aliphatic heterocycles. The molecule has 0 N–H and O–H groups in total. The summed E-state index contributed by atoms with van der Waals surface area (Å²) in [5.74, 6) is -0.416. The number of hydrogen-bond donors (Lipinski definition) is 0. The molecule has 0 spiro atoms. The molecule has 2 heteroatoms. The summed E-state index contributed by atoms with van der Waals surface area (Å²) in [5.41, 5.74) is 1.14. The van der Waals surface area contributed by atoms with Crippen molar-refractivity contribution in [3.05, 3.63) is 23.0 Å². The molecule has 0 radical (unpaired) electrons. The minimum Gasteiger partial charge on any atom is -0.211 e. The third-order valence-corrected chi connectivity index (χ3v) is 1.44. The number of nitriles is 1. The lowest BCUT2D eigenvalue weighted by Gasteiger charge is -1.93. The van der Waals surface area contributed by atoms with E-state index < -0.39 is 5.83 Å². The molecule has 0 amide bonds. The van der Waals surface area contributed by atoms with Crippen LogP contribution < -0.4 is 0 Å². The van der Waals surface area contributed by atoms with Crippen molar-refractivity contribution in [1.82, 2.24) is 0 Å². The monoisotopic (exact) mass is 183 g/mol. The first-order valence-corrected chi connectivity index (χ1v) is 4.55. The summed E-state index contributed by atoms with van der Waals surface area (Å²) < 4.78 is 12.5. The molecule has 74 valence electrons. The summed E-state index contributed by atoms with van der Waals surface area (Å²) in [6.07, 6.45) is 2.42. The Morgan fingerprint density at radius 2 is 1.85 bits per heavy atom. The molecule has 0 aliphatic rings. The first kappa shape index (κ1) is 14.4. The fourth-order valence-electron chi connectivity index (χ4n) is 0.557. The molecular weight excluding hydrogens is 165 g/mol. The van der Waals surface area contributed by atoms with E-state index in [0.29, 0.717) is 0 Å². The number of allylic oxidation sites excluding steroid dienone is 4. The molecule has 0 unspecified atom stereocenters. The molecule has 0 heterocycles. The maximum atomic E-state index is 12.5.